The van der Waals surface area contributed by atoms with E-state index in [1.807, 2.05) is 0 Å². The van der Waals surface area contributed by atoms with Gasteiger partial charge in [0, 0.05) is 23.4 Å². The molecular weight excluding hydrogens is 197 g/mol. The van der Waals surface area contributed by atoms with Gasteiger partial charge in [0.25, 0.3) is 0 Å². The number of azide groups is 1. The lowest BCUT2D eigenvalue weighted by molar-refractivity contribution is 0.432. The van der Waals surface area contributed by atoms with Crippen LogP contribution in [0.3, 0.4) is 0 Å². The van der Waals surface area contributed by atoms with E-state index >= 15 is 0 Å². The molecular formula is C10H8FN3O. The van der Waals surface area contributed by atoms with Crippen molar-refractivity contribution in [3.8, 4) is 17.6 Å². The molecule has 0 amide bonds. The fourth-order valence-corrected chi connectivity index (χ4v) is 0.900. The van der Waals surface area contributed by atoms with E-state index in [0.717, 1.165) is 6.07 Å². The van der Waals surface area contributed by atoms with Crippen molar-refractivity contribution in [1.29, 1.82) is 0 Å². The summed E-state index contributed by atoms with van der Waals surface area (Å²) in [5.74, 6) is 4.32. The van der Waals surface area contributed by atoms with Crippen molar-refractivity contribution in [3.63, 3.8) is 0 Å². The summed E-state index contributed by atoms with van der Waals surface area (Å²) in [7, 11) is 0. The third-order valence-electron chi connectivity index (χ3n) is 1.58. The van der Waals surface area contributed by atoms with Gasteiger partial charge in [-0.25, -0.2) is 4.39 Å². The molecule has 0 atom stereocenters. The Kier molecular flexibility index (Phi) is 4.02. The van der Waals surface area contributed by atoms with Crippen LogP contribution in [0.2, 0.25) is 0 Å². The quantitative estimate of drug-likeness (QED) is 0.260. The van der Waals surface area contributed by atoms with Gasteiger partial charge in [0.15, 0.2) is 11.6 Å². The zero-order chi connectivity index (χ0) is 11.1. The van der Waals surface area contributed by atoms with E-state index in [1.54, 1.807) is 0 Å². The minimum absolute atomic E-state index is 0.296. The van der Waals surface area contributed by atoms with Gasteiger partial charge < -0.3 is 5.11 Å². The molecule has 0 saturated heterocycles. The minimum atomic E-state index is -0.697. The van der Waals surface area contributed by atoms with Gasteiger partial charge in [0.05, 0.1) is 0 Å². The molecule has 0 radical (unpaired) electrons. The zero-order valence-electron chi connectivity index (χ0n) is 7.81. The Hall–Kier alpha value is -2.18. The summed E-state index contributed by atoms with van der Waals surface area (Å²) in [6.07, 6.45) is 0.423. The molecule has 0 aliphatic heterocycles. The third kappa shape index (κ3) is 3.59. The number of phenols is 1. The Morgan fingerprint density at radius 2 is 2.33 bits per heavy atom. The lowest BCUT2D eigenvalue weighted by Gasteiger charge is -1.94. The Morgan fingerprint density at radius 1 is 1.53 bits per heavy atom. The molecule has 0 aliphatic carbocycles. The van der Waals surface area contributed by atoms with Crippen molar-refractivity contribution < 1.29 is 9.50 Å². The van der Waals surface area contributed by atoms with Gasteiger partial charge in [-0.2, -0.15) is 0 Å². The van der Waals surface area contributed by atoms with Crippen molar-refractivity contribution in [2.45, 2.75) is 6.42 Å². The minimum Gasteiger partial charge on any atom is -0.505 e. The van der Waals surface area contributed by atoms with Gasteiger partial charge >= 0.3 is 0 Å². The Morgan fingerprint density at radius 3 is 3.00 bits per heavy atom. The van der Waals surface area contributed by atoms with E-state index in [-0.39, 0.29) is 0 Å². The fraction of sp³-hybridized carbons (Fsp3) is 0.200. The molecule has 15 heavy (non-hydrogen) atoms. The van der Waals surface area contributed by atoms with Crippen molar-refractivity contribution in [3.05, 3.63) is 40.0 Å². The molecule has 0 bridgehead atoms. The zero-order valence-corrected chi connectivity index (χ0v) is 7.81. The number of benzene rings is 1. The molecule has 0 fully saturated rings. The summed E-state index contributed by atoms with van der Waals surface area (Å²) in [5.41, 5.74) is 8.46. The highest BCUT2D eigenvalue weighted by Crippen LogP contribution is 2.15. The van der Waals surface area contributed by atoms with Crippen LogP contribution in [-0.4, -0.2) is 11.7 Å². The van der Waals surface area contributed by atoms with Crippen LogP contribution in [0.15, 0.2) is 23.3 Å². The predicted octanol–water partition coefficient (Wildman–Crippen LogP) is 2.58. The first kappa shape index (κ1) is 10.9. The number of nitrogens with zero attached hydrogens (tertiary/aromatic N) is 3. The maximum absolute atomic E-state index is 12.8. The summed E-state index contributed by atoms with van der Waals surface area (Å²) in [6, 6.07) is 3.90. The van der Waals surface area contributed by atoms with Crippen molar-refractivity contribution in [2.24, 2.45) is 5.11 Å². The molecule has 0 aliphatic rings. The number of hydrogen-bond donors (Lipinski definition) is 1. The third-order valence-corrected chi connectivity index (χ3v) is 1.58. The lowest BCUT2D eigenvalue weighted by Crippen LogP contribution is -1.80. The van der Waals surface area contributed by atoms with E-state index in [1.165, 1.54) is 12.1 Å². The first-order valence-corrected chi connectivity index (χ1v) is 4.22. The molecule has 4 nitrogen and oxygen atoms in total. The first-order chi connectivity index (χ1) is 7.24. The van der Waals surface area contributed by atoms with Crippen LogP contribution in [0.25, 0.3) is 10.4 Å². The van der Waals surface area contributed by atoms with Crippen molar-refractivity contribution in [1.82, 2.24) is 0 Å². The molecule has 0 heterocycles. The number of halogens is 1. The van der Waals surface area contributed by atoms with E-state index in [2.05, 4.69) is 21.9 Å². The second kappa shape index (κ2) is 5.53. The molecule has 0 unspecified atom stereocenters. The molecule has 0 saturated carbocycles. The van der Waals surface area contributed by atoms with Crippen LogP contribution in [0.5, 0.6) is 5.75 Å². The Labute approximate surface area is 86.0 Å². The molecule has 1 aromatic rings. The standard InChI is InChI=1S/C10H8FN3O/c11-9-7-8(4-5-10(9)15)3-1-2-6-13-14-12/h4-5,7,15H,2,6H2. The van der Waals surface area contributed by atoms with Gasteiger partial charge in [0.2, 0.25) is 0 Å². The fourth-order valence-electron chi connectivity index (χ4n) is 0.900. The maximum atomic E-state index is 12.8. The average Bonchev–Trinajstić information content (AvgIpc) is 2.23. The second-order valence-electron chi connectivity index (χ2n) is 2.67. The van der Waals surface area contributed by atoms with Crippen LogP contribution < -0.4 is 0 Å². The summed E-state index contributed by atoms with van der Waals surface area (Å²) in [4.78, 5) is 2.57. The normalized spacial score (nSPS) is 8.60. The summed E-state index contributed by atoms with van der Waals surface area (Å²) < 4.78 is 12.8. The van der Waals surface area contributed by atoms with E-state index in [9.17, 15) is 4.39 Å². The monoisotopic (exact) mass is 205 g/mol. The number of rotatable bonds is 2. The molecule has 5 heteroatoms. The highest BCUT2D eigenvalue weighted by molar-refractivity contribution is 5.38. The average molecular weight is 205 g/mol. The molecule has 76 valence electrons. The van der Waals surface area contributed by atoms with Crippen LogP contribution >= 0.6 is 0 Å². The van der Waals surface area contributed by atoms with Crippen LogP contribution in [0.4, 0.5) is 4.39 Å². The molecule has 0 aromatic heterocycles. The van der Waals surface area contributed by atoms with Crippen LogP contribution in [0.1, 0.15) is 12.0 Å². The summed E-state index contributed by atoms with van der Waals surface area (Å²) in [5, 5.41) is 12.2. The molecule has 1 aromatic carbocycles. The van der Waals surface area contributed by atoms with Crippen LogP contribution in [-0.2, 0) is 0 Å². The Balaban J connectivity index is 2.64. The van der Waals surface area contributed by atoms with Gasteiger partial charge in [-0.15, -0.1) is 0 Å². The van der Waals surface area contributed by atoms with E-state index < -0.39 is 11.6 Å². The van der Waals surface area contributed by atoms with Crippen LogP contribution in [0, 0.1) is 17.7 Å². The number of phenolic OH excluding ortho intramolecular Hbond substituents is 1. The smallest absolute Gasteiger partial charge is 0.166 e. The molecule has 1 N–H and O–H groups in total. The summed E-state index contributed by atoms with van der Waals surface area (Å²) >= 11 is 0. The van der Waals surface area contributed by atoms with Crippen molar-refractivity contribution >= 4 is 0 Å². The predicted molar refractivity (Wildman–Crippen MR) is 53.6 cm³/mol. The Bertz CT molecular complexity index is 455. The number of hydrogen-bond acceptors (Lipinski definition) is 2. The topological polar surface area (TPSA) is 69.0 Å². The maximum Gasteiger partial charge on any atom is 0.166 e. The largest absolute Gasteiger partial charge is 0.505 e. The second-order valence-corrected chi connectivity index (χ2v) is 2.67. The SMILES string of the molecule is [N-]=[N+]=NCCC#Cc1ccc(O)c(F)c1. The molecule has 1 rings (SSSR count). The van der Waals surface area contributed by atoms with Gasteiger partial charge in [0.1, 0.15) is 0 Å². The van der Waals surface area contributed by atoms with Gasteiger partial charge in [-0.1, -0.05) is 17.0 Å². The summed E-state index contributed by atoms with van der Waals surface area (Å²) in [6.45, 7) is 0.296. The highest BCUT2D eigenvalue weighted by Gasteiger charge is 1.98. The van der Waals surface area contributed by atoms with Crippen molar-refractivity contribution in [2.75, 3.05) is 6.54 Å². The lowest BCUT2D eigenvalue weighted by atomic mass is 10.2. The van der Waals surface area contributed by atoms with E-state index in [4.69, 9.17) is 10.6 Å². The first-order valence-electron chi connectivity index (χ1n) is 4.22. The van der Waals surface area contributed by atoms with E-state index in [0.29, 0.717) is 18.5 Å². The van der Waals surface area contributed by atoms with Gasteiger partial charge in [-0.3, -0.25) is 0 Å². The highest BCUT2D eigenvalue weighted by atomic mass is 19.1. The number of aromatic hydroxyl groups is 1. The van der Waals surface area contributed by atoms with Gasteiger partial charge in [-0.05, 0) is 23.7 Å². The molecule has 0 spiro atoms.